The maximum Gasteiger partial charge on any atom is 0.237 e. The van der Waals surface area contributed by atoms with Crippen molar-refractivity contribution >= 4 is 17.2 Å². The van der Waals surface area contributed by atoms with Crippen LogP contribution in [0.2, 0.25) is 0 Å². The highest BCUT2D eigenvalue weighted by molar-refractivity contribution is 7.11. The zero-order valence-electron chi connectivity index (χ0n) is 12.9. The number of benzene rings is 1. The maximum atomic E-state index is 12.5. The molecule has 0 saturated heterocycles. The van der Waals surface area contributed by atoms with Gasteiger partial charge in [0.25, 0.3) is 0 Å². The van der Waals surface area contributed by atoms with E-state index in [1.165, 1.54) is 9.75 Å². The van der Waals surface area contributed by atoms with E-state index >= 15 is 0 Å². The van der Waals surface area contributed by atoms with Crippen LogP contribution in [-0.2, 0) is 17.9 Å². The molecule has 1 aromatic carbocycles. The highest BCUT2D eigenvalue weighted by Crippen LogP contribution is 2.18. The van der Waals surface area contributed by atoms with Crippen LogP contribution in [0.15, 0.2) is 55.1 Å². The lowest BCUT2D eigenvalue weighted by atomic mass is 10.2. The van der Waals surface area contributed by atoms with Crippen molar-refractivity contribution in [3.05, 3.63) is 70.4 Å². The Bertz CT molecular complexity index is 607. The summed E-state index contributed by atoms with van der Waals surface area (Å²) in [5, 5.41) is 3.09. The molecule has 0 aliphatic heterocycles. The van der Waals surface area contributed by atoms with E-state index in [0.717, 1.165) is 5.56 Å². The van der Waals surface area contributed by atoms with Crippen LogP contribution < -0.4 is 5.32 Å². The van der Waals surface area contributed by atoms with Gasteiger partial charge in [0.1, 0.15) is 0 Å². The summed E-state index contributed by atoms with van der Waals surface area (Å²) in [5.74, 6) is 0.108. The molecule has 0 saturated carbocycles. The van der Waals surface area contributed by atoms with Crippen molar-refractivity contribution < 1.29 is 4.79 Å². The van der Waals surface area contributed by atoms with Crippen LogP contribution in [0, 0.1) is 6.92 Å². The molecule has 1 aromatic heterocycles. The van der Waals surface area contributed by atoms with E-state index in [1.807, 2.05) is 23.1 Å². The molecule has 0 spiro atoms. The minimum Gasteiger partial charge on any atom is -0.332 e. The van der Waals surface area contributed by atoms with E-state index in [2.05, 4.69) is 43.1 Å². The Morgan fingerprint density at radius 3 is 2.64 bits per heavy atom. The standard InChI is InChI=1S/C18H22N2OS/c1-3-11-19-12-18(21)20(13-16-7-5-4-6-8-16)14-17-10-9-15(2)22-17/h3-10,19H,1,11-14H2,2H3. The maximum absolute atomic E-state index is 12.5. The van der Waals surface area contributed by atoms with Crippen LogP contribution in [0.1, 0.15) is 15.3 Å². The van der Waals surface area contributed by atoms with Gasteiger partial charge in [0.2, 0.25) is 5.91 Å². The molecule has 0 atom stereocenters. The number of carbonyl (C=O) groups is 1. The molecule has 2 rings (SSSR count). The van der Waals surface area contributed by atoms with Gasteiger partial charge in [0, 0.05) is 22.8 Å². The zero-order chi connectivity index (χ0) is 15.8. The fraction of sp³-hybridized carbons (Fsp3) is 0.278. The van der Waals surface area contributed by atoms with Crippen molar-refractivity contribution in [1.82, 2.24) is 10.2 Å². The first-order chi connectivity index (χ1) is 10.7. The van der Waals surface area contributed by atoms with Gasteiger partial charge >= 0.3 is 0 Å². The van der Waals surface area contributed by atoms with Crippen LogP contribution in [0.4, 0.5) is 0 Å². The summed E-state index contributed by atoms with van der Waals surface area (Å²) in [4.78, 5) is 16.9. The monoisotopic (exact) mass is 314 g/mol. The van der Waals surface area contributed by atoms with Crippen molar-refractivity contribution in [1.29, 1.82) is 0 Å². The average molecular weight is 314 g/mol. The quantitative estimate of drug-likeness (QED) is 0.598. The summed E-state index contributed by atoms with van der Waals surface area (Å²) in [6.45, 7) is 8.01. The van der Waals surface area contributed by atoms with Crippen LogP contribution in [0.25, 0.3) is 0 Å². The molecule has 0 aliphatic carbocycles. The number of rotatable bonds is 8. The summed E-state index contributed by atoms with van der Waals surface area (Å²) < 4.78 is 0. The van der Waals surface area contributed by atoms with Crippen LogP contribution in [-0.4, -0.2) is 23.9 Å². The molecule has 22 heavy (non-hydrogen) atoms. The third-order valence-electron chi connectivity index (χ3n) is 3.28. The van der Waals surface area contributed by atoms with Crippen LogP contribution >= 0.6 is 11.3 Å². The largest absolute Gasteiger partial charge is 0.332 e. The molecule has 2 aromatic rings. The van der Waals surface area contributed by atoms with E-state index in [0.29, 0.717) is 26.2 Å². The molecular formula is C18H22N2OS. The lowest BCUT2D eigenvalue weighted by Gasteiger charge is -2.22. The Morgan fingerprint density at radius 1 is 1.23 bits per heavy atom. The molecule has 0 fully saturated rings. The second kappa shape index (κ2) is 8.51. The van der Waals surface area contributed by atoms with Crippen molar-refractivity contribution in [2.24, 2.45) is 0 Å². The van der Waals surface area contributed by atoms with Gasteiger partial charge in [-0.15, -0.1) is 17.9 Å². The lowest BCUT2D eigenvalue weighted by molar-refractivity contribution is -0.131. The smallest absolute Gasteiger partial charge is 0.237 e. The number of thiophene rings is 1. The Balaban J connectivity index is 2.05. The van der Waals surface area contributed by atoms with E-state index in [9.17, 15) is 4.79 Å². The molecule has 4 heteroatoms. The van der Waals surface area contributed by atoms with Crippen molar-refractivity contribution in [2.75, 3.05) is 13.1 Å². The first-order valence-electron chi connectivity index (χ1n) is 7.37. The molecule has 0 aliphatic rings. The van der Waals surface area contributed by atoms with E-state index in [-0.39, 0.29) is 5.91 Å². The molecule has 116 valence electrons. The van der Waals surface area contributed by atoms with Crippen molar-refractivity contribution in [2.45, 2.75) is 20.0 Å². The number of amides is 1. The number of carbonyl (C=O) groups excluding carboxylic acids is 1. The van der Waals surface area contributed by atoms with Gasteiger partial charge in [-0.3, -0.25) is 4.79 Å². The minimum absolute atomic E-state index is 0.108. The molecule has 1 heterocycles. The summed E-state index contributed by atoms with van der Waals surface area (Å²) in [7, 11) is 0. The van der Waals surface area contributed by atoms with Gasteiger partial charge < -0.3 is 10.2 Å². The summed E-state index contributed by atoms with van der Waals surface area (Å²) in [6, 6.07) is 14.3. The Labute approximate surface area is 136 Å². The van der Waals surface area contributed by atoms with Gasteiger partial charge in [0.15, 0.2) is 0 Å². The normalized spacial score (nSPS) is 10.4. The SMILES string of the molecule is C=CCNCC(=O)N(Cc1ccccc1)Cc1ccc(C)s1. The first kappa shape index (κ1) is 16.5. The fourth-order valence-electron chi connectivity index (χ4n) is 2.19. The molecule has 1 N–H and O–H groups in total. The molecule has 1 amide bonds. The highest BCUT2D eigenvalue weighted by Gasteiger charge is 2.15. The number of hydrogen-bond donors (Lipinski definition) is 1. The van der Waals surface area contributed by atoms with E-state index in [1.54, 1.807) is 17.4 Å². The van der Waals surface area contributed by atoms with E-state index < -0.39 is 0 Å². The molecule has 0 unspecified atom stereocenters. The van der Waals surface area contributed by atoms with Gasteiger partial charge in [-0.1, -0.05) is 36.4 Å². The average Bonchev–Trinajstić information content (AvgIpc) is 2.93. The zero-order valence-corrected chi connectivity index (χ0v) is 13.7. The van der Waals surface area contributed by atoms with Gasteiger partial charge in [-0.2, -0.15) is 0 Å². The third-order valence-corrected chi connectivity index (χ3v) is 4.26. The number of hydrogen-bond acceptors (Lipinski definition) is 3. The summed E-state index contributed by atoms with van der Waals surface area (Å²) in [6.07, 6.45) is 1.76. The van der Waals surface area contributed by atoms with Crippen LogP contribution in [0.5, 0.6) is 0 Å². The van der Waals surface area contributed by atoms with Gasteiger partial charge in [-0.05, 0) is 24.6 Å². The first-order valence-corrected chi connectivity index (χ1v) is 8.19. The van der Waals surface area contributed by atoms with Crippen molar-refractivity contribution in [3.8, 4) is 0 Å². The third kappa shape index (κ3) is 5.13. The summed E-state index contributed by atoms with van der Waals surface area (Å²) >= 11 is 1.74. The van der Waals surface area contributed by atoms with Crippen molar-refractivity contribution in [3.63, 3.8) is 0 Å². The number of aryl methyl sites for hydroxylation is 1. The summed E-state index contributed by atoms with van der Waals surface area (Å²) in [5.41, 5.74) is 1.15. The number of nitrogens with zero attached hydrogens (tertiary/aromatic N) is 1. The molecule has 0 radical (unpaired) electrons. The molecule has 0 bridgehead atoms. The highest BCUT2D eigenvalue weighted by atomic mass is 32.1. The topological polar surface area (TPSA) is 32.3 Å². The minimum atomic E-state index is 0.108. The second-order valence-electron chi connectivity index (χ2n) is 5.17. The Morgan fingerprint density at radius 2 is 2.00 bits per heavy atom. The second-order valence-corrected chi connectivity index (χ2v) is 6.54. The molecular weight excluding hydrogens is 292 g/mol. The van der Waals surface area contributed by atoms with Gasteiger partial charge in [-0.25, -0.2) is 0 Å². The Kier molecular flexibility index (Phi) is 6.37. The molecule has 3 nitrogen and oxygen atoms in total. The Hall–Kier alpha value is -1.91. The predicted molar refractivity (Wildman–Crippen MR) is 92.8 cm³/mol. The number of nitrogens with one attached hydrogen (secondary N) is 1. The van der Waals surface area contributed by atoms with E-state index in [4.69, 9.17) is 0 Å². The lowest BCUT2D eigenvalue weighted by Crippen LogP contribution is -2.37. The predicted octanol–water partition coefficient (Wildman–Crippen LogP) is 3.36. The van der Waals surface area contributed by atoms with Gasteiger partial charge in [0.05, 0.1) is 13.1 Å². The fourth-order valence-corrected chi connectivity index (χ4v) is 3.09. The van der Waals surface area contributed by atoms with Crippen LogP contribution in [0.3, 0.4) is 0 Å².